The maximum Gasteiger partial charge on any atom is 0.256 e. The quantitative estimate of drug-likeness (QED) is 0.894. The number of hydrogen-bond acceptors (Lipinski definition) is 3. The highest BCUT2D eigenvalue weighted by Crippen LogP contribution is 2.21. The van der Waals surface area contributed by atoms with Crippen molar-refractivity contribution in [2.45, 2.75) is 25.5 Å². The van der Waals surface area contributed by atoms with Crippen molar-refractivity contribution < 1.29 is 18.7 Å². The van der Waals surface area contributed by atoms with Crippen LogP contribution in [0.1, 0.15) is 28.8 Å². The Morgan fingerprint density at radius 2 is 2.00 bits per heavy atom. The second kappa shape index (κ2) is 7.61. The fraction of sp³-hybridized carbons (Fsp3) is 0.316. The highest BCUT2D eigenvalue weighted by Gasteiger charge is 2.24. The molecule has 1 saturated heterocycles. The van der Waals surface area contributed by atoms with E-state index in [4.69, 9.17) is 0 Å². The van der Waals surface area contributed by atoms with Gasteiger partial charge in [0, 0.05) is 25.3 Å². The minimum Gasteiger partial charge on any atom is -0.391 e. The Bertz CT molecular complexity index is 767. The van der Waals surface area contributed by atoms with E-state index in [-0.39, 0.29) is 12.5 Å². The largest absolute Gasteiger partial charge is 0.391 e. The van der Waals surface area contributed by atoms with Crippen LogP contribution in [-0.2, 0) is 6.54 Å². The predicted molar refractivity (Wildman–Crippen MR) is 91.3 cm³/mol. The summed E-state index contributed by atoms with van der Waals surface area (Å²) >= 11 is 0. The summed E-state index contributed by atoms with van der Waals surface area (Å²) in [5.41, 5.74) is 1.70. The third kappa shape index (κ3) is 4.14. The molecule has 0 aromatic heterocycles. The van der Waals surface area contributed by atoms with Crippen molar-refractivity contribution >= 4 is 11.6 Å². The first-order valence-corrected chi connectivity index (χ1v) is 8.29. The Balaban J connectivity index is 1.74. The lowest BCUT2D eigenvalue weighted by Crippen LogP contribution is -2.42. The van der Waals surface area contributed by atoms with Crippen LogP contribution >= 0.6 is 0 Å². The number of amides is 1. The van der Waals surface area contributed by atoms with Crippen molar-refractivity contribution in [2.75, 3.05) is 18.4 Å². The first-order chi connectivity index (χ1) is 12.0. The summed E-state index contributed by atoms with van der Waals surface area (Å²) in [5, 5.41) is 12.9. The average molecular weight is 346 g/mol. The number of carbonyl (C=O) groups excluding carboxylic acids is 1. The van der Waals surface area contributed by atoms with Crippen molar-refractivity contribution in [1.29, 1.82) is 0 Å². The van der Waals surface area contributed by atoms with Crippen LogP contribution in [-0.4, -0.2) is 35.1 Å². The number of nitrogens with zero attached hydrogens (tertiary/aromatic N) is 1. The van der Waals surface area contributed by atoms with Crippen molar-refractivity contribution in [3.8, 4) is 0 Å². The molecule has 1 atom stereocenters. The number of likely N-dealkylation sites (tertiary alicyclic amines) is 1. The summed E-state index contributed by atoms with van der Waals surface area (Å²) in [6, 6.07) is 10.8. The number of carbonyl (C=O) groups is 1. The standard InChI is InChI=1S/C19H20F2N2O2/c20-16-8-7-13(10-17(16)21)11-22-18-6-2-1-5-15(18)19(25)23-9-3-4-14(24)12-23/h1-2,5-8,10,14,22,24H,3-4,9,11-12H2/t14-/m0/s1. The lowest BCUT2D eigenvalue weighted by molar-refractivity contribution is 0.0474. The number of nitrogens with one attached hydrogen (secondary N) is 1. The van der Waals surface area contributed by atoms with Crippen LogP contribution in [0.2, 0.25) is 0 Å². The molecule has 1 aliphatic rings. The van der Waals surface area contributed by atoms with Gasteiger partial charge in [0.05, 0.1) is 11.7 Å². The molecule has 1 aliphatic heterocycles. The predicted octanol–water partition coefficient (Wildman–Crippen LogP) is 3.17. The SMILES string of the molecule is O=C(c1ccccc1NCc1ccc(F)c(F)c1)N1CCC[C@H](O)C1. The van der Waals surface area contributed by atoms with Crippen molar-refractivity contribution in [3.63, 3.8) is 0 Å². The first-order valence-electron chi connectivity index (χ1n) is 8.29. The molecular formula is C19H20F2N2O2. The molecule has 0 unspecified atom stereocenters. The number of hydrogen-bond donors (Lipinski definition) is 2. The van der Waals surface area contributed by atoms with Gasteiger partial charge in [-0.3, -0.25) is 4.79 Å². The summed E-state index contributed by atoms with van der Waals surface area (Å²) < 4.78 is 26.3. The number of para-hydroxylation sites is 1. The van der Waals surface area contributed by atoms with Crippen LogP contribution in [0.15, 0.2) is 42.5 Å². The second-order valence-corrected chi connectivity index (χ2v) is 6.19. The number of rotatable bonds is 4. The lowest BCUT2D eigenvalue weighted by Gasteiger charge is -2.30. The van der Waals surface area contributed by atoms with E-state index in [2.05, 4.69) is 5.32 Å². The number of aliphatic hydroxyl groups is 1. The summed E-state index contributed by atoms with van der Waals surface area (Å²) in [5.74, 6) is -1.93. The lowest BCUT2D eigenvalue weighted by atomic mass is 10.1. The first kappa shape index (κ1) is 17.4. The van der Waals surface area contributed by atoms with Crippen molar-refractivity contribution in [3.05, 3.63) is 65.2 Å². The van der Waals surface area contributed by atoms with Gasteiger partial charge >= 0.3 is 0 Å². The van der Waals surface area contributed by atoms with E-state index >= 15 is 0 Å². The second-order valence-electron chi connectivity index (χ2n) is 6.19. The molecule has 0 aliphatic carbocycles. The highest BCUT2D eigenvalue weighted by atomic mass is 19.2. The fourth-order valence-electron chi connectivity index (χ4n) is 2.98. The van der Waals surface area contributed by atoms with Gasteiger partial charge in [0.1, 0.15) is 0 Å². The summed E-state index contributed by atoms with van der Waals surface area (Å²) in [7, 11) is 0. The van der Waals surface area contributed by atoms with E-state index in [0.29, 0.717) is 36.3 Å². The number of anilines is 1. The minimum atomic E-state index is -0.897. The molecular weight excluding hydrogens is 326 g/mol. The van der Waals surface area contributed by atoms with Crippen LogP contribution in [0.3, 0.4) is 0 Å². The topological polar surface area (TPSA) is 52.6 Å². The van der Waals surface area contributed by atoms with E-state index in [0.717, 1.165) is 18.6 Å². The van der Waals surface area contributed by atoms with Crippen molar-refractivity contribution in [1.82, 2.24) is 4.90 Å². The normalized spacial score (nSPS) is 17.4. The summed E-state index contributed by atoms with van der Waals surface area (Å²) in [4.78, 5) is 14.4. The monoisotopic (exact) mass is 346 g/mol. The molecule has 2 aromatic carbocycles. The molecule has 132 valence electrons. The fourth-order valence-corrected chi connectivity index (χ4v) is 2.98. The van der Waals surface area contributed by atoms with Gasteiger partial charge < -0.3 is 15.3 Å². The van der Waals surface area contributed by atoms with Gasteiger partial charge in [-0.1, -0.05) is 18.2 Å². The number of β-amino-alcohol motifs (C(OH)–C–C–N with tert-alkyl or cyclic N) is 1. The van der Waals surface area contributed by atoms with E-state index in [9.17, 15) is 18.7 Å². The Hall–Kier alpha value is -2.47. The molecule has 6 heteroatoms. The summed E-state index contributed by atoms with van der Waals surface area (Å²) in [6.07, 6.45) is 0.997. The van der Waals surface area contributed by atoms with Gasteiger partial charge in [0.2, 0.25) is 0 Å². The third-order valence-electron chi connectivity index (χ3n) is 4.31. The van der Waals surface area contributed by atoms with Crippen molar-refractivity contribution in [2.24, 2.45) is 0 Å². The molecule has 1 amide bonds. The maximum atomic E-state index is 13.3. The third-order valence-corrected chi connectivity index (χ3v) is 4.31. The molecule has 1 fully saturated rings. The smallest absolute Gasteiger partial charge is 0.256 e. The van der Waals surface area contributed by atoms with E-state index in [1.807, 2.05) is 0 Å². The van der Waals surface area contributed by atoms with Gasteiger partial charge in [-0.15, -0.1) is 0 Å². The van der Waals surface area contributed by atoms with Gasteiger partial charge in [-0.2, -0.15) is 0 Å². The molecule has 0 bridgehead atoms. The van der Waals surface area contributed by atoms with Gasteiger partial charge in [-0.25, -0.2) is 8.78 Å². The molecule has 4 nitrogen and oxygen atoms in total. The molecule has 3 rings (SSSR count). The Labute approximate surface area is 145 Å². The zero-order chi connectivity index (χ0) is 17.8. The summed E-state index contributed by atoms with van der Waals surface area (Å²) in [6.45, 7) is 1.22. The molecule has 2 N–H and O–H groups in total. The van der Waals surface area contributed by atoms with Gasteiger partial charge in [0.15, 0.2) is 11.6 Å². The highest BCUT2D eigenvalue weighted by molar-refractivity contribution is 5.99. The van der Waals surface area contributed by atoms with E-state index in [1.165, 1.54) is 6.07 Å². The molecule has 1 heterocycles. The van der Waals surface area contributed by atoms with E-state index in [1.54, 1.807) is 29.2 Å². The number of benzene rings is 2. The minimum absolute atomic E-state index is 0.146. The average Bonchev–Trinajstić information content (AvgIpc) is 2.62. The Morgan fingerprint density at radius 3 is 2.76 bits per heavy atom. The van der Waals surface area contributed by atoms with Crippen LogP contribution in [0, 0.1) is 11.6 Å². The number of piperidine rings is 1. The van der Waals surface area contributed by atoms with Crippen LogP contribution in [0.4, 0.5) is 14.5 Å². The molecule has 0 spiro atoms. The molecule has 25 heavy (non-hydrogen) atoms. The molecule has 0 saturated carbocycles. The maximum absolute atomic E-state index is 13.3. The molecule has 0 radical (unpaired) electrons. The Morgan fingerprint density at radius 1 is 1.20 bits per heavy atom. The molecule has 2 aromatic rings. The van der Waals surface area contributed by atoms with Crippen LogP contribution in [0.5, 0.6) is 0 Å². The van der Waals surface area contributed by atoms with Gasteiger partial charge in [0.25, 0.3) is 5.91 Å². The zero-order valence-corrected chi connectivity index (χ0v) is 13.7. The Kier molecular flexibility index (Phi) is 5.28. The van der Waals surface area contributed by atoms with Gasteiger partial charge in [-0.05, 0) is 42.7 Å². The zero-order valence-electron chi connectivity index (χ0n) is 13.7. The van der Waals surface area contributed by atoms with Crippen LogP contribution < -0.4 is 5.32 Å². The van der Waals surface area contributed by atoms with E-state index < -0.39 is 17.7 Å². The number of halogens is 2. The van der Waals surface area contributed by atoms with Crippen LogP contribution in [0.25, 0.3) is 0 Å². The number of aliphatic hydroxyl groups excluding tert-OH is 1.